The lowest BCUT2D eigenvalue weighted by Gasteiger charge is -2.20. The summed E-state index contributed by atoms with van der Waals surface area (Å²) in [6.45, 7) is 7.64. The summed E-state index contributed by atoms with van der Waals surface area (Å²) in [6.07, 6.45) is 0. The molecule has 3 N–H and O–H groups in total. The smallest absolute Gasteiger partial charge is 0.269 e. The summed E-state index contributed by atoms with van der Waals surface area (Å²) in [5.41, 5.74) is 1.59. The molecule has 32 heavy (non-hydrogen) atoms. The lowest BCUT2D eigenvalue weighted by atomic mass is 10.1. The summed E-state index contributed by atoms with van der Waals surface area (Å²) in [4.78, 5) is 22.2. The number of amides is 1. The maximum absolute atomic E-state index is 11.9. The van der Waals surface area contributed by atoms with E-state index in [0.29, 0.717) is 31.1 Å². The van der Waals surface area contributed by atoms with Gasteiger partial charge in [-0.2, -0.15) is 0 Å². The molecule has 0 aliphatic rings. The third-order valence-electron chi connectivity index (χ3n) is 4.14. The number of carbonyl (C=O) groups is 1. The van der Waals surface area contributed by atoms with Crippen LogP contribution in [0.3, 0.4) is 0 Å². The molecule has 0 radical (unpaired) electrons. The van der Waals surface area contributed by atoms with E-state index in [1.165, 1.54) is 12.1 Å². The Kier molecular flexibility index (Phi) is 10.7. The Morgan fingerprint density at radius 1 is 1.06 bits per heavy atom. The molecule has 0 aliphatic carbocycles. The van der Waals surface area contributed by atoms with Gasteiger partial charge >= 0.3 is 0 Å². The molecule has 0 spiro atoms. The van der Waals surface area contributed by atoms with Gasteiger partial charge in [-0.15, -0.1) is 12.4 Å². The number of halogens is 1. The van der Waals surface area contributed by atoms with Crippen LogP contribution in [0.25, 0.3) is 0 Å². The molecule has 10 heteroatoms. The van der Waals surface area contributed by atoms with E-state index in [1.807, 2.05) is 32.9 Å². The van der Waals surface area contributed by atoms with E-state index in [2.05, 4.69) is 16.0 Å². The molecule has 0 bridgehead atoms. The van der Waals surface area contributed by atoms with Gasteiger partial charge in [-0.05, 0) is 50.6 Å². The minimum Gasteiger partial charge on any atom is -0.493 e. The van der Waals surface area contributed by atoms with Crippen LogP contribution in [0.2, 0.25) is 0 Å². The standard InChI is InChI=1S/C22H30N4O5.ClH/c1-22(2,3)25-21(27)15-31-19-10-5-16(13-20(19)30-4)14-23-11-12-24-17-6-8-18(9-7-17)26(28)29;/h5-10,13,23-24H,11-12,14-15H2,1-4H3,(H,25,27);1H. The molecule has 0 aromatic heterocycles. The number of anilines is 1. The topological polar surface area (TPSA) is 115 Å². The summed E-state index contributed by atoms with van der Waals surface area (Å²) < 4.78 is 11.0. The molecule has 2 rings (SSSR count). The second-order valence-corrected chi connectivity index (χ2v) is 7.98. The number of non-ortho nitro benzene ring substituents is 1. The third kappa shape index (κ3) is 9.40. The van der Waals surface area contributed by atoms with Gasteiger partial charge in [-0.25, -0.2) is 0 Å². The van der Waals surface area contributed by atoms with Crippen molar-refractivity contribution in [3.63, 3.8) is 0 Å². The Bertz CT molecular complexity index is 885. The zero-order chi connectivity index (χ0) is 22.9. The lowest BCUT2D eigenvalue weighted by Crippen LogP contribution is -2.43. The highest BCUT2D eigenvalue weighted by molar-refractivity contribution is 5.85. The predicted molar refractivity (Wildman–Crippen MR) is 127 cm³/mol. The molecule has 0 saturated heterocycles. The quantitative estimate of drug-likeness (QED) is 0.263. The Morgan fingerprint density at radius 2 is 1.75 bits per heavy atom. The number of nitro groups is 1. The third-order valence-corrected chi connectivity index (χ3v) is 4.14. The van der Waals surface area contributed by atoms with Crippen molar-refractivity contribution in [2.75, 3.05) is 32.1 Å². The zero-order valence-corrected chi connectivity index (χ0v) is 19.6. The molecular weight excluding hydrogens is 436 g/mol. The number of hydrogen-bond donors (Lipinski definition) is 3. The summed E-state index contributed by atoms with van der Waals surface area (Å²) >= 11 is 0. The normalized spacial score (nSPS) is 10.6. The average Bonchev–Trinajstić information content (AvgIpc) is 2.71. The van der Waals surface area contributed by atoms with Gasteiger partial charge < -0.3 is 25.4 Å². The Morgan fingerprint density at radius 3 is 2.34 bits per heavy atom. The van der Waals surface area contributed by atoms with E-state index >= 15 is 0 Å². The van der Waals surface area contributed by atoms with Crippen LogP contribution in [-0.4, -0.2) is 43.2 Å². The van der Waals surface area contributed by atoms with Gasteiger partial charge in [0, 0.05) is 43.0 Å². The second-order valence-electron chi connectivity index (χ2n) is 7.98. The van der Waals surface area contributed by atoms with Crippen LogP contribution in [0.15, 0.2) is 42.5 Å². The van der Waals surface area contributed by atoms with Crippen LogP contribution >= 0.6 is 12.4 Å². The average molecular weight is 467 g/mol. The number of methoxy groups -OCH3 is 1. The molecule has 2 aromatic carbocycles. The molecule has 2 aromatic rings. The minimum absolute atomic E-state index is 0. The van der Waals surface area contributed by atoms with Crippen LogP contribution in [-0.2, 0) is 11.3 Å². The van der Waals surface area contributed by atoms with Gasteiger partial charge in [0.2, 0.25) is 0 Å². The van der Waals surface area contributed by atoms with Crippen molar-refractivity contribution in [3.05, 3.63) is 58.1 Å². The Labute approximate surface area is 194 Å². The van der Waals surface area contributed by atoms with Crippen LogP contribution in [0.4, 0.5) is 11.4 Å². The second kappa shape index (κ2) is 12.7. The maximum atomic E-state index is 11.9. The van der Waals surface area contributed by atoms with Crippen molar-refractivity contribution >= 4 is 29.7 Å². The molecule has 1 amide bonds. The molecule has 9 nitrogen and oxygen atoms in total. The van der Waals surface area contributed by atoms with Crippen LogP contribution in [0.5, 0.6) is 11.5 Å². The van der Waals surface area contributed by atoms with E-state index < -0.39 is 4.92 Å². The van der Waals surface area contributed by atoms with Gasteiger partial charge in [-0.3, -0.25) is 14.9 Å². The fourth-order valence-corrected chi connectivity index (χ4v) is 2.77. The summed E-state index contributed by atoms with van der Waals surface area (Å²) in [6, 6.07) is 11.9. The molecular formula is C22H31ClN4O5. The van der Waals surface area contributed by atoms with Gasteiger partial charge in [-0.1, -0.05) is 6.07 Å². The summed E-state index contributed by atoms with van der Waals surface area (Å²) in [5, 5.41) is 20.0. The number of nitrogens with one attached hydrogen (secondary N) is 3. The van der Waals surface area contributed by atoms with Crippen molar-refractivity contribution < 1.29 is 19.2 Å². The first-order valence-electron chi connectivity index (χ1n) is 9.98. The van der Waals surface area contributed by atoms with Crippen LogP contribution in [0.1, 0.15) is 26.3 Å². The Hall–Kier alpha value is -3.04. The van der Waals surface area contributed by atoms with Crippen molar-refractivity contribution in [2.45, 2.75) is 32.9 Å². The lowest BCUT2D eigenvalue weighted by molar-refractivity contribution is -0.384. The Balaban J connectivity index is 0.00000512. The van der Waals surface area contributed by atoms with Gasteiger partial charge in [0.15, 0.2) is 18.1 Å². The largest absolute Gasteiger partial charge is 0.493 e. The number of nitrogens with zero attached hydrogens (tertiary/aromatic N) is 1. The van der Waals surface area contributed by atoms with E-state index in [4.69, 9.17) is 9.47 Å². The zero-order valence-electron chi connectivity index (χ0n) is 18.8. The maximum Gasteiger partial charge on any atom is 0.269 e. The van der Waals surface area contributed by atoms with Crippen molar-refractivity contribution in [1.82, 2.24) is 10.6 Å². The molecule has 0 fully saturated rings. The predicted octanol–water partition coefficient (Wildman–Crippen LogP) is 3.52. The van der Waals surface area contributed by atoms with Gasteiger partial charge in [0.05, 0.1) is 12.0 Å². The molecule has 176 valence electrons. The van der Waals surface area contributed by atoms with E-state index in [-0.39, 0.29) is 36.1 Å². The highest BCUT2D eigenvalue weighted by Crippen LogP contribution is 2.28. The van der Waals surface area contributed by atoms with E-state index in [1.54, 1.807) is 25.3 Å². The van der Waals surface area contributed by atoms with Crippen LogP contribution < -0.4 is 25.4 Å². The van der Waals surface area contributed by atoms with Gasteiger partial charge in [0.1, 0.15) is 0 Å². The fraction of sp³-hybridized carbons (Fsp3) is 0.409. The first-order valence-corrected chi connectivity index (χ1v) is 9.98. The highest BCUT2D eigenvalue weighted by atomic mass is 35.5. The molecule has 0 aliphatic heterocycles. The number of nitro benzene ring substituents is 1. The number of hydrogen-bond acceptors (Lipinski definition) is 7. The summed E-state index contributed by atoms with van der Waals surface area (Å²) in [5.74, 6) is 0.878. The number of ether oxygens (including phenoxy) is 2. The molecule has 0 atom stereocenters. The summed E-state index contributed by atoms with van der Waals surface area (Å²) in [7, 11) is 1.56. The van der Waals surface area contributed by atoms with Crippen LogP contribution in [0, 0.1) is 10.1 Å². The first kappa shape index (κ1) is 27.0. The van der Waals surface area contributed by atoms with Crippen molar-refractivity contribution in [3.8, 4) is 11.5 Å². The number of carbonyl (C=O) groups excluding carboxylic acids is 1. The monoisotopic (exact) mass is 466 g/mol. The highest BCUT2D eigenvalue weighted by Gasteiger charge is 2.15. The van der Waals surface area contributed by atoms with Crippen molar-refractivity contribution in [2.24, 2.45) is 0 Å². The van der Waals surface area contributed by atoms with Gasteiger partial charge in [0.25, 0.3) is 11.6 Å². The number of benzene rings is 2. The number of rotatable bonds is 11. The molecule has 0 saturated carbocycles. The first-order chi connectivity index (χ1) is 14.7. The fourth-order valence-electron chi connectivity index (χ4n) is 2.77. The minimum atomic E-state index is -0.420. The van der Waals surface area contributed by atoms with Crippen molar-refractivity contribution in [1.29, 1.82) is 0 Å². The van der Waals surface area contributed by atoms with E-state index in [9.17, 15) is 14.9 Å². The SMILES string of the molecule is COc1cc(CNCCNc2ccc([N+](=O)[O-])cc2)ccc1OCC(=O)NC(C)(C)C.Cl. The molecule has 0 unspecified atom stereocenters. The molecule has 0 heterocycles. The van der Waals surface area contributed by atoms with E-state index in [0.717, 1.165) is 11.3 Å².